The molecule has 0 radical (unpaired) electrons. The fraction of sp³-hybridized carbons (Fsp3) is 0.200. The summed E-state index contributed by atoms with van der Waals surface area (Å²) in [5.41, 5.74) is 8.63. The van der Waals surface area contributed by atoms with E-state index < -0.39 is 5.82 Å². The van der Waals surface area contributed by atoms with Gasteiger partial charge in [-0.1, -0.05) is 0 Å². The van der Waals surface area contributed by atoms with Crippen LogP contribution in [0.3, 0.4) is 0 Å². The number of nitrogen functional groups attached to an aromatic ring is 1. The fourth-order valence-electron chi connectivity index (χ4n) is 2.23. The van der Waals surface area contributed by atoms with Gasteiger partial charge in [0.05, 0.1) is 12.3 Å². The lowest BCUT2D eigenvalue weighted by Gasteiger charge is -2.09. The summed E-state index contributed by atoms with van der Waals surface area (Å²) in [6.45, 7) is 4.10. The minimum atomic E-state index is -0.441. The number of aryl methyl sites for hydroxylation is 1. The third-order valence-electron chi connectivity index (χ3n) is 3.14. The lowest BCUT2D eigenvalue weighted by atomic mass is 10.2. The van der Waals surface area contributed by atoms with Crippen LogP contribution < -0.4 is 10.5 Å². The second kappa shape index (κ2) is 5.05. The van der Waals surface area contributed by atoms with E-state index in [9.17, 15) is 4.39 Å². The number of imidazole rings is 1. The fourth-order valence-corrected chi connectivity index (χ4v) is 2.23. The Balaban J connectivity index is 2.18. The smallest absolute Gasteiger partial charge is 0.207 e. The van der Waals surface area contributed by atoms with E-state index >= 15 is 0 Å². The first kappa shape index (κ1) is 13.4. The van der Waals surface area contributed by atoms with E-state index in [4.69, 9.17) is 10.5 Å². The normalized spacial score (nSPS) is 11.0. The summed E-state index contributed by atoms with van der Waals surface area (Å²) < 4.78 is 20.8. The number of hydrogen-bond acceptors (Lipinski definition) is 4. The van der Waals surface area contributed by atoms with Crippen molar-refractivity contribution in [2.24, 2.45) is 0 Å². The lowest BCUT2D eigenvalue weighted by Crippen LogP contribution is -2.03. The molecule has 5 nitrogen and oxygen atoms in total. The summed E-state index contributed by atoms with van der Waals surface area (Å²) in [5, 5.41) is 0. The Bertz CT molecular complexity index is 813. The summed E-state index contributed by atoms with van der Waals surface area (Å²) in [4.78, 5) is 8.67. The predicted octanol–water partition coefficient (Wildman–Crippen LogP) is 2.85. The Morgan fingerprint density at radius 2 is 2.05 bits per heavy atom. The summed E-state index contributed by atoms with van der Waals surface area (Å²) in [6, 6.07) is 8.38. The SMILES string of the molecule is CCOc1ccc(-n2c(N)nc3ccc(C)nc32)cc1F. The highest BCUT2D eigenvalue weighted by Gasteiger charge is 2.13. The van der Waals surface area contributed by atoms with Crippen LogP contribution in [0, 0.1) is 12.7 Å². The van der Waals surface area contributed by atoms with Gasteiger partial charge in [0.2, 0.25) is 5.95 Å². The quantitative estimate of drug-likeness (QED) is 0.804. The molecule has 0 atom stereocenters. The Morgan fingerprint density at radius 3 is 2.76 bits per heavy atom. The molecule has 0 aliphatic rings. The molecule has 0 bridgehead atoms. The third kappa shape index (κ3) is 2.29. The van der Waals surface area contributed by atoms with E-state index in [-0.39, 0.29) is 11.7 Å². The summed E-state index contributed by atoms with van der Waals surface area (Å²) in [5.74, 6) is 0.0447. The van der Waals surface area contributed by atoms with E-state index in [1.807, 2.05) is 19.1 Å². The molecule has 0 saturated carbocycles. The molecule has 0 unspecified atom stereocenters. The van der Waals surface area contributed by atoms with Gasteiger partial charge >= 0.3 is 0 Å². The number of anilines is 1. The highest BCUT2D eigenvalue weighted by atomic mass is 19.1. The molecule has 0 aliphatic carbocycles. The van der Waals surface area contributed by atoms with Crippen LogP contribution in [0.2, 0.25) is 0 Å². The van der Waals surface area contributed by atoms with Crippen LogP contribution in [-0.2, 0) is 0 Å². The monoisotopic (exact) mass is 286 g/mol. The largest absolute Gasteiger partial charge is 0.491 e. The molecule has 0 amide bonds. The molecule has 1 aromatic carbocycles. The Hall–Kier alpha value is -2.63. The molecule has 3 aromatic rings. The molecule has 21 heavy (non-hydrogen) atoms. The maximum absolute atomic E-state index is 14.0. The summed E-state index contributed by atoms with van der Waals surface area (Å²) >= 11 is 0. The second-order valence-corrected chi connectivity index (χ2v) is 4.65. The van der Waals surface area contributed by atoms with Gasteiger partial charge in [-0.2, -0.15) is 0 Å². The Labute approximate surface area is 121 Å². The Kier molecular flexibility index (Phi) is 3.21. The summed E-state index contributed by atoms with van der Waals surface area (Å²) in [6.07, 6.45) is 0. The van der Waals surface area contributed by atoms with Crippen molar-refractivity contribution in [3.63, 3.8) is 0 Å². The first-order chi connectivity index (χ1) is 10.1. The van der Waals surface area contributed by atoms with Gasteiger partial charge in [0.15, 0.2) is 17.2 Å². The van der Waals surface area contributed by atoms with E-state index in [2.05, 4.69) is 9.97 Å². The lowest BCUT2D eigenvalue weighted by molar-refractivity contribution is 0.321. The molecular formula is C15H15FN4O. The van der Waals surface area contributed by atoms with Crippen molar-refractivity contribution < 1.29 is 9.13 Å². The molecule has 3 rings (SSSR count). The van der Waals surface area contributed by atoms with Crippen molar-refractivity contribution in [2.75, 3.05) is 12.3 Å². The van der Waals surface area contributed by atoms with Crippen LogP contribution in [0.4, 0.5) is 10.3 Å². The number of ether oxygens (including phenoxy) is 1. The molecule has 0 fully saturated rings. The maximum atomic E-state index is 14.0. The van der Waals surface area contributed by atoms with Gasteiger partial charge in [0, 0.05) is 11.8 Å². The number of hydrogen-bond donors (Lipinski definition) is 1. The van der Waals surface area contributed by atoms with E-state index in [1.54, 1.807) is 23.6 Å². The number of aromatic nitrogens is 3. The zero-order valence-corrected chi connectivity index (χ0v) is 11.8. The minimum absolute atomic E-state index is 0.216. The standard InChI is InChI=1S/C15H15FN4O/c1-3-21-13-7-5-10(8-11(13)16)20-14-12(19-15(20)17)6-4-9(2)18-14/h4-8H,3H2,1-2H3,(H2,17,19). The number of benzene rings is 1. The molecule has 6 heteroatoms. The minimum Gasteiger partial charge on any atom is -0.491 e. The van der Waals surface area contributed by atoms with Gasteiger partial charge in [0.25, 0.3) is 0 Å². The van der Waals surface area contributed by atoms with Crippen LogP contribution >= 0.6 is 0 Å². The zero-order chi connectivity index (χ0) is 15.0. The number of nitrogens with two attached hydrogens (primary N) is 1. The molecular weight excluding hydrogens is 271 g/mol. The summed E-state index contributed by atoms with van der Waals surface area (Å²) in [7, 11) is 0. The van der Waals surface area contributed by atoms with Crippen LogP contribution in [0.25, 0.3) is 16.9 Å². The zero-order valence-electron chi connectivity index (χ0n) is 11.8. The number of halogens is 1. The molecule has 0 spiro atoms. The van der Waals surface area contributed by atoms with Crippen molar-refractivity contribution >= 4 is 17.1 Å². The van der Waals surface area contributed by atoms with Crippen LogP contribution in [0.5, 0.6) is 5.75 Å². The highest BCUT2D eigenvalue weighted by Crippen LogP contribution is 2.25. The molecule has 2 aromatic heterocycles. The average molecular weight is 286 g/mol. The van der Waals surface area contributed by atoms with Crippen molar-refractivity contribution in [2.45, 2.75) is 13.8 Å². The predicted molar refractivity (Wildman–Crippen MR) is 79.1 cm³/mol. The van der Waals surface area contributed by atoms with Gasteiger partial charge in [-0.05, 0) is 38.1 Å². The first-order valence-corrected chi connectivity index (χ1v) is 6.64. The topological polar surface area (TPSA) is 66.0 Å². The molecule has 0 aliphatic heterocycles. The van der Waals surface area contributed by atoms with Gasteiger partial charge in [0.1, 0.15) is 5.52 Å². The number of fused-ring (bicyclic) bond motifs is 1. The Morgan fingerprint density at radius 1 is 1.24 bits per heavy atom. The number of nitrogens with zero attached hydrogens (tertiary/aromatic N) is 3. The third-order valence-corrected chi connectivity index (χ3v) is 3.14. The van der Waals surface area contributed by atoms with Gasteiger partial charge in [-0.25, -0.2) is 14.4 Å². The van der Waals surface area contributed by atoms with Crippen molar-refractivity contribution in [1.82, 2.24) is 14.5 Å². The highest BCUT2D eigenvalue weighted by molar-refractivity contribution is 5.77. The number of rotatable bonds is 3. The molecule has 0 saturated heterocycles. The second-order valence-electron chi connectivity index (χ2n) is 4.65. The molecule has 2 N–H and O–H groups in total. The van der Waals surface area contributed by atoms with Crippen molar-refractivity contribution in [3.05, 3.63) is 41.8 Å². The van der Waals surface area contributed by atoms with E-state index in [0.29, 0.717) is 23.5 Å². The van der Waals surface area contributed by atoms with Gasteiger partial charge < -0.3 is 10.5 Å². The van der Waals surface area contributed by atoms with E-state index in [0.717, 1.165) is 5.69 Å². The molecule has 108 valence electrons. The van der Waals surface area contributed by atoms with Crippen molar-refractivity contribution in [3.8, 4) is 11.4 Å². The van der Waals surface area contributed by atoms with Gasteiger partial charge in [-0.3, -0.25) is 4.57 Å². The van der Waals surface area contributed by atoms with Crippen LogP contribution in [-0.4, -0.2) is 21.1 Å². The van der Waals surface area contributed by atoms with Crippen LogP contribution in [0.1, 0.15) is 12.6 Å². The van der Waals surface area contributed by atoms with E-state index in [1.165, 1.54) is 6.07 Å². The first-order valence-electron chi connectivity index (χ1n) is 6.64. The number of pyridine rings is 1. The van der Waals surface area contributed by atoms with Gasteiger partial charge in [-0.15, -0.1) is 0 Å². The maximum Gasteiger partial charge on any atom is 0.207 e. The average Bonchev–Trinajstić information content (AvgIpc) is 2.76. The molecule has 2 heterocycles. The van der Waals surface area contributed by atoms with Crippen molar-refractivity contribution in [1.29, 1.82) is 0 Å². The van der Waals surface area contributed by atoms with Crippen LogP contribution in [0.15, 0.2) is 30.3 Å².